The molecule has 13 heavy (non-hydrogen) atoms. The summed E-state index contributed by atoms with van der Waals surface area (Å²) >= 11 is 0. The van der Waals surface area contributed by atoms with Crippen molar-refractivity contribution in [3.05, 3.63) is 17.5 Å². The predicted molar refractivity (Wildman–Crippen MR) is 45.7 cm³/mol. The van der Waals surface area contributed by atoms with E-state index in [-0.39, 0.29) is 11.4 Å². The van der Waals surface area contributed by atoms with Crippen molar-refractivity contribution in [3.8, 4) is 0 Å². The Morgan fingerprint density at radius 2 is 2.31 bits per heavy atom. The largest absolute Gasteiger partial charge is 0.364 e. The van der Waals surface area contributed by atoms with Crippen LogP contribution < -0.4 is 5.73 Å². The highest BCUT2D eigenvalue weighted by Crippen LogP contribution is 2.07. The summed E-state index contributed by atoms with van der Waals surface area (Å²) in [5.74, 6) is -0.971. The minimum absolute atomic E-state index is 0.0228. The summed E-state index contributed by atoms with van der Waals surface area (Å²) in [5, 5.41) is 5.92. The molecule has 1 heterocycles. The molecule has 0 bridgehead atoms. The van der Waals surface area contributed by atoms with Crippen LogP contribution in [0.5, 0.6) is 0 Å². The van der Waals surface area contributed by atoms with E-state index in [1.54, 1.807) is 0 Å². The molecule has 1 aromatic heterocycles. The number of nitrogens with zero attached hydrogens (tertiary/aromatic N) is 1. The van der Waals surface area contributed by atoms with Crippen LogP contribution in [0.3, 0.4) is 0 Å². The van der Waals surface area contributed by atoms with Crippen molar-refractivity contribution >= 4 is 15.7 Å². The molecule has 0 aliphatic carbocycles. The number of carbonyl (C=O) groups is 1. The van der Waals surface area contributed by atoms with E-state index in [0.717, 1.165) is 6.26 Å². The van der Waals surface area contributed by atoms with Gasteiger partial charge in [0.2, 0.25) is 0 Å². The number of nitrogens with one attached hydrogen (secondary N) is 1. The molecule has 0 saturated carbocycles. The molecule has 1 aromatic rings. The average Bonchev–Trinajstić information content (AvgIpc) is 2.31. The molecule has 6 nitrogen and oxygen atoms in total. The zero-order valence-electron chi connectivity index (χ0n) is 6.94. The van der Waals surface area contributed by atoms with Crippen molar-refractivity contribution in [3.63, 3.8) is 0 Å². The van der Waals surface area contributed by atoms with Gasteiger partial charge in [0.1, 0.15) is 0 Å². The molecule has 1 rings (SSSR count). The van der Waals surface area contributed by atoms with Crippen LogP contribution in [-0.2, 0) is 15.6 Å². The van der Waals surface area contributed by atoms with Crippen LogP contribution in [0.4, 0.5) is 0 Å². The smallest absolute Gasteiger partial charge is 0.269 e. The molecule has 0 saturated heterocycles. The number of aromatic amines is 1. The Hall–Kier alpha value is -1.37. The third-order valence-electron chi connectivity index (χ3n) is 1.37. The molecule has 0 unspecified atom stereocenters. The SMILES string of the molecule is CS(=O)(=O)Cc1c[nH]nc1C(N)=O. The lowest BCUT2D eigenvalue weighted by atomic mass is 10.3. The molecular formula is C6H9N3O3S. The van der Waals surface area contributed by atoms with Gasteiger partial charge in [-0.2, -0.15) is 5.10 Å². The number of hydrogen-bond acceptors (Lipinski definition) is 4. The molecule has 72 valence electrons. The number of H-pyrrole nitrogens is 1. The summed E-state index contributed by atoms with van der Waals surface area (Å²) in [4.78, 5) is 10.7. The van der Waals surface area contributed by atoms with Crippen LogP contribution in [-0.4, -0.2) is 30.8 Å². The van der Waals surface area contributed by atoms with E-state index >= 15 is 0 Å². The molecule has 0 atom stereocenters. The van der Waals surface area contributed by atoms with Gasteiger partial charge in [-0.1, -0.05) is 0 Å². The van der Waals surface area contributed by atoms with Crippen molar-refractivity contribution in [2.24, 2.45) is 5.73 Å². The van der Waals surface area contributed by atoms with Gasteiger partial charge >= 0.3 is 0 Å². The van der Waals surface area contributed by atoms with Crippen molar-refractivity contribution < 1.29 is 13.2 Å². The van der Waals surface area contributed by atoms with Crippen LogP contribution >= 0.6 is 0 Å². The average molecular weight is 203 g/mol. The van der Waals surface area contributed by atoms with Crippen molar-refractivity contribution in [1.29, 1.82) is 0 Å². The Bertz CT molecular complexity index is 420. The van der Waals surface area contributed by atoms with Crippen molar-refractivity contribution in [2.45, 2.75) is 5.75 Å². The molecule has 7 heteroatoms. The number of hydrogen-bond donors (Lipinski definition) is 2. The first-order valence-corrected chi connectivity index (χ1v) is 5.46. The first kappa shape index (κ1) is 9.72. The van der Waals surface area contributed by atoms with Gasteiger partial charge in [-0.15, -0.1) is 0 Å². The minimum Gasteiger partial charge on any atom is -0.364 e. The molecule has 3 N–H and O–H groups in total. The number of carbonyl (C=O) groups excluding carboxylic acids is 1. The Kier molecular flexibility index (Phi) is 2.37. The van der Waals surface area contributed by atoms with Gasteiger partial charge in [-0.25, -0.2) is 8.42 Å². The number of nitrogens with two attached hydrogens (primary N) is 1. The number of aromatic nitrogens is 2. The third-order valence-corrected chi connectivity index (χ3v) is 2.21. The van der Waals surface area contributed by atoms with E-state index in [2.05, 4.69) is 10.2 Å². The van der Waals surface area contributed by atoms with Gasteiger partial charge in [-0.05, 0) is 0 Å². The predicted octanol–water partition coefficient (Wildman–Crippen LogP) is -0.947. The number of sulfone groups is 1. The second kappa shape index (κ2) is 3.17. The van der Waals surface area contributed by atoms with Gasteiger partial charge in [0.15, 0.2) is 15.5 Å². The molecule has 0 aromatic carbocycles. The molecule has 0 aliphatic rings. The maximum atomic E-state index is 10.9. The summed E-state index contributed by atoms with van der Waals surface area (Å²) < 4.78 is 21.8. The highest BCUT2D eigenvalue weighted by Gasteiger charge is 2.15. The normalized spacial score (nSPS) is 11.5. The summed E-state index contributed by atoms with van der Waals surface area (Å²) in [6.45, 7) is 0. The molecule has 0 aliphatic heterocycles. The van der Waals surface area contributed by atoms with Crippen molar-refractivity contribution in [1.82, 2.24) is 10.2 Å². The first-order valence-electron chi connectivity index (χ1n) is 3.40. The Morgan fingerprint density at radius 1 is 1.69 bits per heavy atom. The summed E-state index contributed by atoms with van der Waals surface area (Å²) in [6.07, 6.45) is 2.42. The Morgan fingerprint density at radius 3 is 2.77 bits per heavy atom. The lowest BCUT2D eigenvalue weighted by molar-refractivity contribution is 0.0995. The van der Waals surface area contributed by atoms with Crippen LogP contribution in [0.25, 0.3) is 0 Å². The zero-order valence-corrected chi connectivity index (χ0v) is 7.76. The van der Waals surface area contributed by atoms with E-state index in [0.29, 0.717) is 5.56 Å². The Balaban J connectivity index is 3.02. The maximum Gasteiger partial charge on any atom is 0.269 e. The highest BCUT2D eigenvalue weighted by atomic mass is 32.2. The maximum absolute atomic E-state index is 10.9. The minimum atomic E-state index is -3.17. The standard InChI is InChI=1S/C6H9N3O3S/c1-13(11,12)3-4-2-8-9-5(4)6(7)10/h2H,3H2,1H3,(H2,7,10)(H,8,9). The van der Waals surface area contributed by atoms with Crippen molar-refractivity contribution in [2.75, 3.05) is 6.26 Å². The molecule has 0 fully saturated rings. The van der Waals surface area contributed by atoms with Gasteiger partial charge in [0.25, 0.3) is 5.91 Å². The van der Waals surface area contributed by atoms with E-state index in [1.165, 1.54) is 6.20 Å². The highest BCUT2D eigenvalue weighted by molar-refractivity contribution is 7.89. The van der Waals surface area contributed by atoms with Gasteiger partial charge in [0.05, 0.1) is 5.75 Å². The third kappa shape index (κ3) is 2.55. The fourth-order valence-corrected chi connectivity index (χ4v) is 1.71. The zero-order chi connectivity index (χ0) is 10.1. The van der Waals surface area contributed by atoms with E-state index < -0.39 is 15.7 Å². The quantitative estimate of drug-likeness (QED) is 0.660. The van der Waals surface area contributed by atoms with Gasteiger partial charge in [-0.3, -0.25) is 9.89 Å². The Labute approximate surface area is 75.1 Å². The lowest BCUT2D eigenvalue weighted by Gasteiger charge is -1.95. The van der Waals surface area contributed by atoms with Crippen LogP contribution in [0, 0.1) is 0 Å². The molecule has 0 spiro atoms. The number of amides is 1. The lowest BCUT2D eigenvalue weighted by Crippen LogP contribution is -2.15. The molecular weight excluding hydrogens is 194 g/mol. The molecule has 1 amide bonds. The first-order chi connectivity index (χ1) is 5.90. The van der Waals surface area contributed by atoms with E-state index in [4.69, 9.17) is 5.73 Å². The summed E-state index contributed by atoms with van der Waals surface area (Å²) in [7, 11) is -3.17. The molecule has 0 radical (unpaired) electrons. The van der Waals surface area contributed by atoms with Crippen LogP contribution in [0.15, 0.2) is 6.20 Å². The fourth-order valence-electron chi connectivity index (χ4n) is 0.921. The number of rotatable bonds is 3. The van der Waals surface area contributed by atoms with Gasteiger partial charge < -0.3 is 5.73 Å². The summed E-state index contributed by atoms with van der Waals surface area (Å²) in [5.41, 5.74) is 5.24. The van der Waals surface area contributed by atoms with E-state index in [1.807, 2.05) is 0 Å². The number of primary amides is 1. The second-order valence-electron chi connectivity index (χ2n) is 2.69. The van der Waals surface area contributed by atoms with Crippen LogP contribution in [0.2, 0.25) is 0 Å². The second-order valence-corrected chi connectivity index (χ2v) is 4.83. The van der Waals surface area contributed by atoms with Gasteiger partial charge in [0, 0.05) is 18.0 Å². The summed E-state index contributed by atoms with van der Waals surface area (Å²) in [6, 6.07) is 0. The monoisotopic (exact) mass is 203 g/mol. The fraction of sp³-hybridized carbons (Fsp3) is 0.333. The van der Waals surface area contributed by atoms with E-state index in [9.17, 15) is 13.2 Å². The topological polar surface area (TPSA) is 106 Å². The van der Waals surface area contributed by atoms with Crippen LogP contribution in [0.1, 0.15) is 16.1 Å².